The fourth-order valence-corrected chi connectivity index (χ4v) is 9.76. The standard InChI is InChI=1S/C66H70N4O/c1-42-35-43(2)61(45-25-29-47(30-26-45)64(6,7)8)62(60(42)44-23-27-46(28-24-44)63(3,4)5)69-41-68(56-21-17-18-22-57(56)69)50-36-49(66(12,13)14)37-52(39-50)71-51-31-32-54-53-19-15-16-20-55(53)70(58(54)40-51)59-38-48(33-34-67-59)65(9,10)11/h15-40H,41H2,1-14H3/i23D,24D,25D,26D,27D,28D,29D,30D. The van der Waals surface area contributed by atoms with Crippen LogP contribution in [0.15, 0.2) is 158 Å². The molecule has 0 saturated carbocycles. The van der Waals surface area contributed by atoms with E-state index in [0.717, 1.165) is 50.2 Å². The zero-order chi connectivity index (χ0) is 57.3. The third-order valence-corrected chi connectivity index (χ3v) is 13.8. The van der Waals surface area contributed by atoms with Crippen molar-refractivity contribution in [2.45, 2.75) is 119 Å². The molecular formula is C66H70N4O. The Balaban J connectivity index is 1.19. The Morgan fingerprint density at radius 3 is 1.59 bits per heavy atom. The second kappa shape index (κ2) is 17.3. The summed E-state index contributed by atoms with van der Waals surface area (Å²) >= 11 is 0. The van der Waals surface area contributed by atoms with Gasteiger partial charge in [0.2, 0.25) is 0 Å². The number of fused-ring (bicyclic) bond motifs is 4. The normalized spacial score (nSPS) is 15.0. The van der Waals surface area contributed by atoms with Crippen LogP contribution in [0, 0.1) is 13.8 Å². The van der Waals surface area contributed by atoms with E-state index >= 15 is 0 Å². The molecule has 9 aromatic rings. The third-order valence-electron chi connectivity index (χ3n) is 13.8. The highest BCUT2D eigenvalue weighted by Crippen LogP contribution is 2.53. The number of rotatable bonds is 7. The minimum Gasteiger partial charge on any atom is -0.457 e. The van der Waals surface area contributed by atoms with Crippen LogP contribution in [0.3, 0.4) is 0 Å². The number of hydrogen-bond acceptors (Lipinski definition) is 4. The van der Waals surface area contributed by atoms with Gasteiger partial charge in [0.05, 0.1) is 39.1 Å². The summed E-state index contributed by atoms with van der Waals surface area (Å²) in [5.41, 5.74) is 8.16. The second-order valence-electron chi connectivity index (χ2n) is 23.3. The highest BCUT2D eigenvalue weighted by atomic mass is 16.5. The van der Waals surface area contributed by atoms with Gasteiger partial charge in [0.15, 0.2) is 0 Å². The molecular weight excluding hydrogens is 865 g/mol. The minimum absolute atomic E-state index is 0.0846. The molecule has 7 aromatic carbocycles. The summed E-state index contributed by atoms with van der Waals surface area (Å²) in [6.45, 7) is 28.4. The number of hydrogen-bond donors (Lipinski definition) is 0. The van der Waals surface area contributed by atoms with Crippen LogP contribution >= 0.6 is 0 Å². The average Bonchev–Trinajstić information content (AvgIpc) is 4.16. The van der Waals surface area contributed by atoms with Crippen LogP contribution < -0.4 is 14.5 Å². The van der Waals surface area contributed by atoms with Crippen LogP contribution in [-0.2, 0) is 21.7 Å². The van der Waals surface area contributed by atoms with Crippen molar-refractivity contribution in [1.82, 2.24) is 9.55 Å². The lowest BCUT2D eigenvalue weighted by atomic mass is 9.83. The molecule has 0 saturated heterocycles. The predicted octanol–water partition coefficient (Wildman–Crippen LogP) is 18.4. The van der Waals surface area contributed by atoms with Crippen molar-refractivity contribution >= 4 is 44.6 Å². The molecule has 0 atom stereocenters. The van der Waals surface area contributed by atoms with E-state index in [1.54, 1.807) is 0 Å². The van der Waals surface area contributed by atoms with Gasteiger partial charge in [0.25, 0.3) is 0 Å². The molecule has 10 rings (SSSR count). The van der Waals surface area contributed by atoms with Crippen LogP contribution in [0.1, 0.15) is 127 Å². The number of ether oxygens (including phenoxy) is 1. The molecule has 0 spiro atoms. The first-order valence-corrected chi connectivity index (χ1v) is 24.7. The lowest BCUT2D eigenvalue weighted by Gasteiger charge is -2.30. The lowest BCUT2D eigenvalue weighted by molar-refractivity contribution is 0.479. The highest BCUT2D eigenvalue weighted by molar-refractivity contribution is 6.09. The van der Waals surface area contributed by atoms with Crippen LogP contribution in [0.4, 0.5) is 22.7 Å². The van der Waals surface area contributed by atoms with E-state index in [0.29, 0.717) is 50.6 Å². The van der Waals surface area contributed by atoms with Gasteiger partial charge in [-0.05, 0) is 135 Å². The summed E-state index contributed by atoms with van der Waals surface area (Å²) in [6.07, 6.45) is 1.88. The predicted molar refractivity (Wildman–Crippen MR) is 302 cm³/mol. The molecule has 71 heavy (non-hydrogen) atoms. The number of aryl methyl sites for hydroxylation is 2. The van der Waals surface area contributed by atoms with Gasteiger partial charge in [0.1, 0.15) is 24.0 Å². The number of benzene rings is 7. The number of para-hydroxylation sites is 3. The number of anilines is 4. The topological polar surface area (TPSA) is 33.5 Å². The quantitative estimate of drug-likeness (QED) is 0.159. The van der Waals surface area contributed by atoms with E-state index in [-0.39, 0.29) is 77.0 Å². The smallest absolute Gasteiger partial charge is 0.137 e. The molecule has 0 radical (unpaired) electrons. The maximum Gasteiger partial charge on any atom is 0.137 e. The van der Waals surface area contributed by atoms with Gasteiger partial charge in [-0.15, -0.1) is 0 Å². The Morgan fingerprint density at radius 2 is 1.01 bits per heavy atom. The van der Waals surface area contributed by atoms with E-state index < -0.39 is 10.8 Å². The van der Waals surface area contributed by atoms with Crippen LogP contribution in [0.2, 0.25) is 0 Å². The molecule has 0 amide bonds. The Bertz CT molecular complexity index is 3820. The monoisotopic (exact) mass is 943 g/mol. The Hall–Kier alpha value is -7.11. The van der Waals surface area contributed by atoms with Gasteiger partial charge in [-0.1, -0.05) is 168 Å². The number of aromatic nitrogens is 2. The molecule has 0 fully saturated rings. The largest absolute Gasteiger partial charge is 0.457 e. The summed E-state index contributed by atoms with van der Waals surface area (Å²) < 4.78 is 85.9. The van der Waals surface area contributed by atoms with Crippen LogP contribution in [0.25, 0.3) is 49.9 Å². The third kappa shape index (κ3) is 8.90. The molecule has 360 valence electrons. The van der Waals surface area contributed by atoms with Crippen molar-refractivity contribution < 1.29 is 15.7 Å². The molecule has 0 unspecified atom stereocenters. The van der Waals surface area contributed by atoms with Gasteiger partial charge >= 0.3 is 0 Å². The first kappa shape index (κ1) is 38.6. The molecule has 3 heterocycles. The van der Waals surface area contributed by atoms with E-state index in [1.807, 2.05) is 104 Å². The van der Waals surface area contributed by atoms with Gasteiger partial charge in [0, 0.05) is 45.9 Å². The van der Waals surface area contributed by atoms with Crippen LogP contribution in [0.5, 0.6) is 11.5 Å². The molecule has 0 N–H and O–H groups in total. The zero-order valence-corrected chi connectivity index (χ0v) is 43.8. The maximum absolute atomic E-state index is 9.74. The summed E-state index contributed by atoms with van der Waals surface area (Å²) in [5, 5.41) is 2.18. The fraction of sp³-hybridized carbons (Fsp3) is 0.288. The first-order valence-electron chi connectivity index (χ1n) is 28.7. The summed E-state index contributed by atoms with van der Waals surface area (Å²) in [7, 11) is 0. The molecule has 1 aliphatic heterocycles. The van der Waals surface area contributed by atoms with Gasteiger partial charge in [-0.2, -0.15) is 0 Å². The lowest BCUT2D eigenvalue weighted by Crippen LogP contribution is -2.26. The van der Waals surface area contributed by atoms with E-state index in [9.17, 15) is 11.0 Å². The Kier molecular flexibility index (Phi) is 9.43. The second-order valence-corrected chi connectivity index (χ2v) is 23.3. The Labute approximate surface area is 434 Å². The summed E-state index contributed by atoms with van der Waals surface area (Å²) in [6, 6.07) is 33.6. The van der Waals surface area contributed by atoms with Crippen molar-refractivity contribution in [3.05, 3.63) is 191 Å². The number of pyridine rings is 1. The first-order chi connectivity index (χ1) is 36.9. The van der Waals surface area contributed by atoms with Crippen molar-refractivity contribution in [3.8, 4) is 39.6 Å². The highest BCUT2D eigenvalue weighted by Gasteiger charge is 2.34. The number of nitrogens with zero attached hydrogens (tertiary/aromatic N) is 4. The maximum atomic E-state index is 9.74. The SMILES string of the molecule is [2H]c1c([2H])c(C(C)(C)C)c([2H])c([2H])c1-c1c(C)cc(C)c(-c2c([2H])c([2H])c(C(C)(C)C)c([2H])c2[2H])c1N1CN(c2cc(Oc3ccc4c5ccccc5n(-c5cc(C(C)(C)C)ccn5)c4c3)cc(C(C)(C)C)c2)c2ccccc21. The molecule has 0 aliphatic carbocycles. The van der Waals surface area contributed by atoms with Gasteiger partial charge < -0.3 is 14.5 Å². The average molecular weight is 943 g/mol. The van der Waals surface area contributed by atoms with E-state index in [1.165, 1.54) is 5.56 Å². The van der Waals surface area contributed by atoms with Crippen molar-refractivity contribution in [2.75, 3.05) is 16.5 Å². The summed E-state index contributed by atoms with van der Waals surface area (Å²) in [5.74, 6) is 2.08. The molecule has 0 bridgehead atoms. The van der Waals surface area contributed by atoms with Crippen LogP contribution in [-0.4, -0.2) is 16.2 Å². The van der Waals surface area contributed by atoms with Crippen molar-refractivity contribution in [2.24, 2.45) is 0 Å². The summed E-state index contributed by atoms with van der Waals surface area (Å²) in [4.78, 5) is 9.17. The van der Waals surface area contributed by atoms with Crippen molar-refractivity contribution in [1.29, 1.82) is 0 Å². The van der Waals surface area contributed by atoms with Crippen molar-refractivity contribution in [3.63, 3.8) is 0 Å². The zero-order valence-electron chi connectivity index (χ0n) is 51.8. The van der Waals surface area contributed by atoms with E-state index in [4.69, 9.17) is 9.72 Å². The molecule has 5 heteroatoms. The van der Waals surface area contributed by atoms with Gasteiger partial charge in [-0.25, -0.2) is 4.98 Å². The Morgan fingerprint density at radius 1 is 0.479 bits per heavy atom. The minimum atomic E-state index is -0.708. The molecule has 5 nitrogen and oxygen atoms in total. The van der Waals surface area contributed by atoms with Gasteiger partial charge in [-0.3, -0.25) is 4.57 Å². The molecule has 1 aliphatic rings. The fourth-order valence-electron chi connectivity index (χ4n) is 9.76. The molecule has 2 aromatic heterocycles. The van der Waals surface area contributed by atoms with E-state index in [2.05, 4.69) is 117 Å².